The predicted molar refractivity (Wildman–Crippen MR) is 127 cm³/mol. The number of carboxylic acids is 1. The minimum atomic E-state index is -1.45. The first kappa shape index (κ1) is 21.7. The molecule has 0 aliphatic carbocycles. The molecule has 2 aromatic carbocycles. The van der Waals surface area contributed by atoms with Gasteiger partial charge >= 0.3 is 5.97 Å². The van der Waals surface area contributed by atoms with Crippen molar-refractivity contribution in [2.24, 2.45) is 0 Å². The van der Waals surface area contributed by atoms with E-state index in [0.717, 1.165) is 22.2 Å². The van der Waals surface area contributed by atoms with E-state index in [0.29, 0.717) is 11.1 Å². The fourth-order valence-electron chi connectivity index (χ4n) is 3.86. The lowest BCUT2D eigenvalue weighted by molar-refractivity contribution is -0.129. The third-order valence-corrected chi connectivity index (χ3v) is 5.47. The summed E-state index contributed by atoms with van der Waals surface area (Å²) < 4.78 is 1.64. The lowest BCUT2D eigenvalue weighted by Gasteiger charge is -2.18. The highest BCUT2D eigenvalue weighted by atomic mass is 16.4. The Morgan fingerprint density at radius 1 is 1.12 bits per heavy atom. The van der Waals surface area contributed by atoms with Crippen LogP contribution in [0.25, 0.3) is 16.5 Å². The maximum Gasteiger partial charge on any atom is 0.354 e. The number of aromatic nitrogens is 3. The molecule has 5 N–H and O–H groups in total. The topological polar surface area (TPSA) is 147 Å². The van der Waals surface area contributed by atoms with Gasteiger partial charge < -0.3 is 16.2 Å². The zero-order chi connectivity index (χ0) is 23.7. The molecule has 166 valence electrons. The number of fused-ring (bicyclic) bond motifs is 1. The second kappa shape index (κ2) is 8.54. The standard InChI is InChI=1S/C24H22N6O3/c1-13-6-3-4-9-17(13)30-16(10-15-8-5-7-14(2)18(15)23(30)31)11-27-22-19(20(25)24(32)33)21(26)28-12-29-22/h3-10,12,25H,11H2,1-2H3,(H,32,33)(H3,26,27,28,29). The minimum Gasteiger partial charge on any atom is -0.477 e. The molecule has 0 unspecified atom stereocenters. The van der Waals surface area contributed by atoms with E-state index in [4.69, 9.17) is 11.1 Å². The van der Waals surface area contributed by atoms with Crippen molar-refractivity contribution in [3.8, 4) is 5.69 Å². The van der Waals surface area contributed by atoms with Crippen molar-refractivity contribution in [3.63, 3.8) is 0 Å². The zero-order valence-corrected chi connectivity index (χ0v) is 18.1. The van der Waals surface area contributed by atoms with Gasteiger partial charge in [0.25, 0.3) is 5.56 Å². The molecule has 0 aliphatic rings. The fourth-order valence-corrected chi connectivity index (χ4v) is 3.86. The molecule has 0 radical (unpaired) electrons. The maximum absolute atomic E-state index is 13.6. The molecule has 0 aliphatic heterocycles. The minimum absolute atomic E-state index is 0.100. The van der Waals surface area contributed by atoms with Crippen LogP contribution in [-0.2, 0) is 11.3 Å². The SMILES string of the molecule is Cc1ccccc1-n1c(CNc2ncnc(N)c2C(=N)C(=O)O)cc2cccc(C)c2c1=O. The molecule has 0 amide bonds. The molecule has 0 fully saturated rings. The number of benzene rings is 2. The summed E-state index contributed by atoms with van der Waals surface area (Å²) in [4.78, 5) is 32.9. The van der Waals surface area contributed by atoms with Crippen LogP contribution in [0.5, 0.6) is 0 Å². The summed E-state index contributed by atoms with van der Waals surface area (Å²) >= 11 is 0. The van der Waals surface area contributed by atoms with Gasteiger partial charge in [0.05, 0.1) is 23.2 Å². The Bertz CT molecular complexity index is 1480. The number of pyridine rings is 1. The maximum atomic E-state index is 13.6. The summed E-state index contributed by atoms with van der Waals surface area (Å²) in [6.07, 6.45) is 1.19. The molecule has 0 saturated carbocycles. The molecule has 0 saturated heterocycles. The van der Waals surface area contributed by atoms with Crippen LogP contribution in [0.2, 0.25) is 0 Å². The number of nitrogens with two attached hydrogens (primary N) is 1. The van der Waals surface area contributed by atoms with Crippen molar-refractivity contribution in [3.05, 3.63) is 87.6 Å². The number of anilines is 2. The van der Waals surface area contributed by atoms with Crippen LogP contribution < -0.4 is 16.6 Å². The normalized spacial score (nSPS) is 10.8. The van der Waals surface area contributed by atoms with E-state index in [2.05, 4.69) is 15.3 Å². The first-order valence-electron chi connectivity index (χ1n) is 10.2. The number of nitrogens with zero attached hydrogens (tertiary/aromatic N) is 3. The first-order chi connectivity index (χ1) is 15.8. The van der Waals surface area contributed by atoms with Gasteiger partial charge in [0.2, 0.25) is 0 Å². The molecule has 9 nitrogen and oxygen atoms in total. The number of nitrogen functional groups attached to an aromatic ring is 1. The highest BCUT2D eigenvalue weighted by Crippen LogP contribution is 2.23. The number of hydrogen-bond acceptors (Lipinski definition) is 7. The van der Waals surface area contributed by atoms with Gasteiger partial charge in [0.1, 0.15) is 18.0 Å². The van der Waals surface area contributed by atoms with Gasteiger partial charge in [-0.1, -0.05) is 36.4 Å². The predicted octanol–water partition coefficient (Wildman–Crippen LogP) is 3.04. The van der Waals surface area contributed by atoms with Crippen LogP contribution in [-0.4, -0.2) is 31.3 Å². The molecule has 0 bridgehead atoms. The van der Waals surface area contributed by atoms with Crippen LogP contribution in [0.3, 0.4) is 0 Å². The van der Waals surface area contributed by atoms with E-state index < -0.39 is 11.7 Å². The fraction of sp³-hybridized carbons (Fsp3) is 0.125. The van der Waals surface area contributed by atoms with Crippen molar-refractivity contribution in [1.82, 2.24) is 14.5 Å². The molecule has 4 rings (SSSR count). The molecule has 2 aromatic heterocycles. The Balaban J connectivity index is 1.88. The van der Waals surface area contributed by atoms with E-state index >= 15 is 0 Å². The summed E-state index contributed by atoms with van der Waals surface area (Å²) in [6, 6.07) is 15.2. The van der Waals surface area contributed by atoms with Gasteiger partial charge in [-0.2, -0.15) is 0 Å². The number of aryl methyl sites for hydroxylation is 2. The number of para-hydroxylation sites is 1. The Morgan fingerprint density at radius 2 is 1.85 bits per heavy atom. The quantitative estimate of drug-likeness (QED) is 0.336. The second-order valence-electron chi connectivity index (χ2n) is 7.62. The second-order valence-corrected chi connectivity index (χ2v) is 7.62. The van der Waals surface area contributed by atoms with Gasteiger partial charge in [-0.25, -0.2) is 14.8 Å². The summed E-state index contributed by atoms with van der Waals surface area (Å²) in [5.41, 5.74) is 8.03. The van der Waals surface area contributed by atoms with E-state index in [1.165, 1.54) is 6.33 Å². The Morgan fingerprint density at radius 3 is 2.58 bits per heavy atom. The summed E-state index contributed by atoms with van der Waals surface area (Å²) in [5, 5.41) is 21.6. The van der Waals surface area contributed by atoms with Gasteiger partial charge in [-0.3, -0.25) is 14.8 Å². The molecule has 0 spiro atoms. The molecule has 33 heavy (non-hydrogen) atoms. The third-order valence-electron chi connectivity index (χ3n) is 5.47. The number of carbonyl (C=O) groups is 1. The number of carboxylic acid groups (broad SMARTS) is 1. The van der Waals surface area contributed by atoms with E-state index in [1.54, 1.807) is 4.57 Å². The Kier molecular flexibility index (Phi) is 5.61. The number of aliphatic carboxylic acids is 1. The third kappa shape index (κ3) is 3.91. The molecule has 4 aromatic rings. The van der Waals surface area contributed by atoms with Crippen LogP contribution in [0.15, 0.2) is 59.7 Å². The number of rotatable bonds is 6. The van der Waals surface area contributed by atoms with Gasteiger partial charge in [-0.05, 0) is 42.5 Å². The zero-order valence-electron chi connectivity index (χ0n) is 18.1. The summed E-state index contributed by atoms with van der Waals surface area (Å²) in [5.74, 6) is -1.47. The van der Waals surface area contributed by atoms with Crippen molar-refractivity contribution >= 4 is 34.1 Å². The average Bonchev–Trinajstić information content (AvgIpc) is 2.78. The lowest BCUT2D eigenvalue weighted by atomic mass is 10.1. The van der Waals surface area contributed by atoms with Crippen LogP contribution >= 0.6 is 0 Å². The van der Waals surface area contributed by atoms with Crippen LogP contribution in [0.1, 0.15) is 22.4 Å². The smallest absolute Gasteiger partial charge is 0.354 e. The number of nitrogens with one attached hydrogen (secondary N) is 2. The van der Waals surface area contributed by atoms with E-state index in [1.807, 2.05) is 62.4 Å². The Labute approximate surface area is 189 Å². The van der Waals surface area contributed by atoms with E-state index in [-0.39, 0.29) is 29.3 Å². The first-order valence-corrected chi connectivity index (χ1v) is 10.2. The van der Waals surface area contributed by atoms with Gasteiger partial charge in [-0.15, -0.1) is 0 Å². The van der Waals surface area contributed by atoms with Crippen molar-refractivity contribution in [2.75, 3.05) is 11.1 Å². The highest BCUT2D eigenvalue weighted by Gasteiger charge is 2.21. The van der Waals surface area contributed by atoms with Crippen LogP contribution in [0.4, 0.5) is 11.6 Å². The average molecular weight is 442 g/mol. The highest BCUT2D eigenvalue weighted by molar-refractivity contribution is 6.43. The van der Waals surface area contributed by atoms with Crippen molar-refractivity contribution < 1.29 is 9.90 Å². The summed E-state index contributed by atoms with van der Waals surface area (Å²) in [7, 11) is 0. The van der Waals surface area contributed by atoms with Gasteiger partial charge in [0, 0.05) is 5.69 Å². The van der Waals surface area contributed by atoms with Gasteiger partial charge in [0.15, 0.2) is 5.71 Å². The van der Waals surface area contributed by atoms with Crippen LogP contribution in [0, 0.1) is 19.3 Å². The lowest BCUT2D eigenvalue weighted by Crippen LogP contribution is -2.25. The van der Waals surface area contributed by atoms with Crippen molar-refractivity contribution in [2.45, 2.75) is 20.4 Å². The molecule has 9 heteroatoms. The molecule has 0 atom stereocenters. The van der Waals surface area contributed by atoms with Crippen molar-refractivity contribution in [1.29, 1.82) is 5.41 Å². The largest absolute Gasteiger partial charge is 0.477 e. The number of hydrogen-bond donors (Lipinski definition) is 4. The Hall–Kier alpha value is -4.53. The molecular formula is C24H22N6O3. The monoisotopic (exact) mass is 442 g/mol. The summed E-state index contributed by atoms with van der Waals surface area (Å²) in [6.45, 7) is 3.96. The molecule has 2 heterocycles. The van der Waals surface area contributed by atoms with E-state index in [9.17, 15) is 14.7 Å². The molecular weight excluding hydrogens is 420 g/mol.